The molecule has 0 atom stereocenters. The molecule has 2 bridgehead atoms. The van der Waals surface area contributed by atoms with Crippen molar-refractivity contribution >= 4 is 17.4 Å². The van der Waals surface area contributed by atoms with E-state index in [1.165, 1.54) is 0 Å². The number of fused-ring (bicyclic) bond motifs is 3. The zero-order valence-electron chi connectivity index (χ0n) is 7.67. The molecule has 3 aliphatic rings. The average molecular weight is 205 g/mol. The van der Waals surface area contributed by atoms with E-state index in [9.17, 15) is 4.79 Å². The summed E-state index contributed by atoms with van der Waals surface area (Å²) in [6.45, 7) is 3.46. The molecule has 3 heterocycles. The molecule has 0 aliphatic carbocycles. The van der Waals surface area contributed by atoms with E-state index >= 15 is 0 Å². The quantitative estimate of drug-likeness (QED) is 0.506. The minimum Gasteiger partial charge on any atom is -0.316 e. The molecule has 3 aliphatic heterocycles. The highest BCUT2D eigenvalue weighted by Gasteiger charge is 2.44. The summed E-state index contributed by atoms with van der Waals surface area (Å²) in [6.07, 6.45) is 2.09. The molecule has 0 unspecified atom stereocenters. The summed E-state index contributed by atoms with van der Waals surface area (Å²) < 4.78 is 6.05. The second kappa shape index (κ2) is 3.56. The van der Waals surface area contributed by atoms with Gasteiger partial charge >= 0.3 is 0 Å². The van der Waals surface area contributed by atoms with Crippen LogP contribution >= 0.6 is 11.6 Å². The predicted octanol–water partition coefficient (Wildman–Crippen LogP) is 0.966. The van der Waals surface area contributed by atoms with Crippen LogP contribution in [0.25, 0.3) is 0 Å². The fraction of sp³-hybridized carbons (Fsp3) is 0.889. The molecule has 3 rings (SSSR count). The van der Waals surface area contributed by atoms with Crippen molar-refractivity contribution in [1.82, 2.24) is 0 Å². The van der Waals surface area contributed by atoms with E-state index in [0.29, 0.717) is 25.0 Å². The van der Waals surface area contributed by atoms with Gasteiger partial charge in [0.05, 0.1) is 13.1 Å². The number of quaternary nitrogens is 1. The molecule has 3 nitrogen and oxygen atoms in total. The summed E-state index contributed by atoms with van der Waals surface area (Å²) in [6, 6.07) is 0.234. The maximum Gasteiger partial charge on any atom is 0.190 e. The fourth-order valence-corrected chi connectivity index (χ4v) is 2.53. The van der Waals surface area contributed by atoms with Crippen molar-refractivity contribution in [3.8, 4) is 0 Å². The first-order valence-corrected chi connectivity index (χ1v) is 5.31. The summed E-state index contributed by atoms with van der Waals surface area (Å²) in [7, 11) is 0. The van der Waals surface area contributed by atoms with Gasteiger partial charge in [-0.3, -0.25) is 9.28 Å². The van der Waals surface area contributed by atoms with Crippen LogP contribution in [0.3, 0.4) is 0 Å². The molecule has 0 saturated carbocycles. The lowest BCUT2D eigenvalue weighted by Crippen LogP contribution is -2.62. The lowest BCUT2D eigenvalue weighted by atomic mass is 9.85. The lowest BCUT2D eigenvalue weighted by molar-refractivity contribution is -0.948. The number of ether oxygens (including phenoxy) is 1. The smallest absolute Gasteiger partial charge is 0.190 e. The van der Waals surface area contributed by atoms with Crippen molar-refractivity contribution in [3.63, 3.8) is 0 Å². The number of alkyl halides is 1. The van der Waals surface area contributed by atoms with Crippen molar-refractivity contribution in [2.24, 2.45) is 5.92 Å². The Morgan fingerprint density at radius 2 is 2.15 bits per heavy atom. The molecule has 4 heteroatoms. The van der Waals surface area contributed by atoms with Crippen LogP contribution in [0.15, 0.2) is 0 Å². The molecular formula is C9H15ClNO2+. The Balaban J connectivity index is 2.00. The van der Waals surface area contributed by atoms with E-state index in [1.54, 1.807) is 0 Å². The third kappa shape index (κ3) is 1.73. The van der Waals surface area contributed by atoms with Gasteiger partial charge in [-0.05, 0) is 0 Å². The minimum absolute atomic E-state index is 0.234. The zero-order valence-corrected chi connectivity index (χ0v) is 8.42. The highest BCUT2D eigenvalue weighted by molar-refractivity contribution is 6.17. The molecule has 0 radical (unpaired) electrons. The molecule has 0 amide bonds. The largest absolute Gasteiger partial charge is 0.316 e. The monoisotopic (exact) mass is 204 g/mol. The van der Waals surface area contributed by atoms with Crippen molar-refractivity contribution < 1.29 is 14.0 Å². The fourth-order valence-electron chi connectivity index (χ4n) is 2.46. The molecule has 0 aromatic heterocycles. The lowest BCUT2D eigenvalue weighted by Gasteiger charge is -2.47. The number of nitrogens with zero attached hydrogens (tertiary/aromatic N) is 1. The van der Waals surface area contributed by atoms with Crippen molar-refractivity contribution in [2.75, 3.05) is 32.4 Å². The average Bonchev–Trinajstić information content (AvgIpc) is 2.16. The number of halogens is 1. The predicted molar refractivity (Wildman–Crippen MR) is 49.3 cm³/mol. The van der Waals surface area contributed by atoms with Gasteiger partial charge in [0.15, 0.2) is 12.5 Å². The standard InChI is InChI=1S/C9H15ClNO2/c10-6-13-7-11-3-1-8(2-4-11)9(12)5-11/h8H,1-7H2/q+1. The van der Waals surface area contributed by atoms with Gasteiger partial charge in [-0.1, -0.05) is 11.6 Å². The number of piperidine rings is 3. The minimum atomic E-state index is 0.234. The van der Waals surface area contributed by atoms with Crippen LogP contribution in [-0.4, -0.2) is 42.7 Å². The summed E-state index contributed by atoms with van der Waals surface area (Å²) in [5, 5.41) is 0. The van der Waals surface area contributed by atoms with Gasteiger partial charge in [-0.2, -0.15) is 0 Å². The Morgan fingerprint density at radius 1 is 1.46 bits per heavy atom. The van der Waals surface area contributed by atoms with E-state index < -0.39 is 0 Å². The molecule has 13 heavy (non-hydrogen) atoms. The van der Waals surface area contributed by atoms with Gasteiger partial charge in [0.25, 0.3) is 0 Å². The van der Waals surface area contributed by atoms with Crippen LogP contribution < -0.4 is 0 Å². The molecule has 74 valence electrons. The Morgan fingerprint density at radius 3 is 2.69 bits per heavy atom. The third-order valence-electron chi connectivity index (χ3n) is 3.29. The SMILES string of the molecule is O=C1C[N+]2(COCCl)CCC1CC2. The Labute approximate surface area is 83.2 Å². The first-order chi connectivity index (χ1) is 6.26. The van der Waals surface area contributed by atoms with Gasteiger partial charge in [0.1, 0.15) is 12.6 Å². The number of hydrogen-bond acceptors (Lipinski definition) is 2. The van der Waals surface area contributed by atoms with Crippen LogP contribution in [0.4, 0.5) is 0 Å². The van der Waals surface area contributed by atoms with E-state index in [-0.39, 0.29) is 6.07 Å². The van der Waals surface area contributed by atoms with Crippen molar-refractivity contribution in [2.45, 2.75) is 12.8 Å². The molecule has 0 aromatic rings. The van der Waals surface area contributed by atoms with Crippen LogP contribution in [-0.2, 0) is 9.53 Å². The normalized spacial score (nSPS) is 38.2. The molecule has 0 spiro atoms. The Hall–Kier alpha value is -0.120. The summed E-state index contributed by atoms with van der Waals surface area (Å²) in [5.74, 6) is 0.784. The van der Waals surface area contributed by atoms with E-state index in [0.717, 1.165) is 30.4 Å². The number of Topliss-reactive ketones (excluding diaryl/α,β-unsaturated/α-hetero) is 1. The number of hydrogen-bond donors (Lipinski definition) is 0. The maximum atomic E-state index is 11.5. The van der Waals surface area contributed by atoms with Crippen LogP contribution in [0.2, 0.25) is 0 Å². The number of carbonyl (C=O) groups is 1. The molecule has 3 saturated heterocycles. The van der Waals surface area contributed by atoms with E-state index in [4.69, 9.17) is 16.3 Å². The van der Waals surface area contributed by atoms with Gasteiger partial charge < -0.3 is 4.74 Å². The first kappa shape index (κ1) is 9.44. The molecular weight excluding hydrogens is 190 g/mol. The van der Waals surface area contributed by atoms with Gasteiger partial charge in [0.2, 0.25) is 0 Å². The zero-order chi connectivity index (χ0) is 9.31. The van der Waals surface area contributed by atoms with Crippen molar-refractivity contribution in [1.29, 1.82) is 0 Å². The van der Waals surface area contributed by atoms with Crippen LogP contribution in [0.5, 0.6) is 0 Å². The molecule has 0 N–H and O–H groups in total. The second-order valence-electron chi connectivity index (χ2n) is 4.13. The topological polar surface area (TPSA) is 26.3 Å². The summed E-state index contributed by atoms with van der Waals surface area (Å²) in [4.78, 5) is 11.5. The summed E-state index contributed by atoms with van der Waals surface area (Å²) in [5.41, 5.74) is 0. The Kier molecular flexibility index (Phi) is 2.58. The van der Waals surface area contributed by atoms with Gasteiger partial charge in [-0.25, -0.2) is 0 Å². The maximum absolute atomic E-state index is 11.5. The molecule has 0 aromatic carbocycles. The highest BCUT2D eigenvalue weighted by Crippen LogP contribution is 2.31. The van der Waals surface area contributed by atoms with Crippen LogP contribution in [0.1, 0.15) is 12.8 Å². The van der Waals surface area contributed by atoms with Crippen molar-refractivity contribution in [3.05, 3.63) is 0 Å². The number of ketones is 1. The van der Waals surface area contributed by atoms with Crippen LogP contribution in [0, 0.1) is 5.92 Å². The second-order valence-corrected chi connectivity index (χ2v) is 4.35. The van der Waals surface area contributed by atoms with E-state index in [2.05, 4.69) is 0 Å². The van der Waals surface area contributed by atoms with Gasteiger partial charge in [0, 0.05) is 18.8 Å². The van der Waals surface area contributed by atoms with Gasteiger partial charge in [-0.15, -0.1) is 0 Å². The first-order valence-electron chi connectivity index (χ1n) is 4.77. The number of rotatable bonds is 3. The highest BCUT2D eigenvalue weighted by atomic mass is 35.5. The number of carbonyl (C=O) groups excluding carboxylic acids is 1. The van der Waals surface area contributed by atoms with E-state index in [1.807, 2.05) is 0 Å². The Bertz CT molecular complexity index is 212. The third-order valence-corrected chi connectivity index (χ3v) is 3.45. The summed E-state index contributed by atoms with van der Waals surface area (Å²) >= 11 is 5.47. The molecule has 3 fully saturated rings.